The van der Waals surface area contributed by atoms with Crippen LogP contribution in [0.3, 0.4) is 0 Å². The highest BCUT2D eigenvalue weighted by atomic mass is 16.4. The Morgan fingerprint density at radius 1 is 1.22 bits per heavy atom. The Balaban J connectivity index is 1.41. The summed E-state index contributed by atoms with van der Waals surface area (Å²) in [5, 5.41) is 21.6. The molecule has 0 bridgehead atoms. The molecule has 1 aliphatic carbocycles. The molecule has 2 aliphatic rings. The van der Waals surface area contributed by atoms with Crippen molar-refractivity contribution in [2.24, 2.45) is 0 Å². The molecule has 8 heteroatoms. The fourth-order valence-corrected chi connectivity index (χ4v) is 3.80. The number of likely N-dealkylation sites (N-methyl/N-ethyl adjacent to an activating group) is 1. The third-order valence-electron chi connectivity index (χ3n) is 5.46. The van der Waals surface area contributed by atoms with E-state index in [4.69, 9.17) is 5.11 Å². The van der Waals surface area contributed by atoms with Crippen LogP contribution in [-0.4, -0.2) is 83.4 Å². The number of benzene rings is 1. The van der Waals surface area contributed by atoms with Gasteiger partial charge in [0, 0.05) is 50.0 Å². The summed E-state index contributed by atoms with van der Waals surface area (Å²) in [4.78, 5) is 29.3. The van der Waals surface area contributed by atoms with Crippen LogP contribution < -0.4 is 10.2 Å². The van der Waals surface area contributed by atoms with E-state index in [1.165, 1.54) is 0 Å². The lowest BCUT2D eigenvalue weighted by Gasteiger charge is -2.43. The van der Waals surface area contributed by atoms with E-state index in [2.05, 4.69) is 10.2 Å². The van der Waals surface area contributed by atoms with Gasteiger partial charge < -0.3 is 25.3 Å². The SMILES string of the molecule is CCN(CC(=O)O)C1CC(NC(=O)N2CCN(c3cccc(O)c3)CC2)C1. The van der Waals surface area contributed by atoms with Crippen molar-refractivity contribution in [1.29, 1.82) is 0 Å². The van der Waals surface area contributed by atoms with Crippen LogP contribution in [0.1, 0.15) is 19.8 Å². The van der Waals surface area contributed by atoms with Gasteiger partial charge in [-0.15, -0.1) is 0 Å². The molecule has 0 atom stereocenters. The van der Waals surface area contributed by atoms with E-state index in [1.54, 1.807) is 12.1 Å². The van der Waals surface area contributed by atoms with E-state index in [1.807, 2.05) is 28.9 Å². The number of nitrogens with one attached hydrogen (secondary N) is 1. The molecule has 3 N–H and O–H groups in total. The molecule has 1 aromatic rings. The average Bonchev–Trinajstić information content (AvgIpc) is 2.62. The van der Waals surface area contributed by atoms with Gasteiger partial charge in [-0.05, 0) is 31.5 Å². The van der Waals surface area contributed by atoms with Gasteiger partial charge in [0.25, 0.3) is 0 Å². The first-order chi connectivity index (χ1) is 13.0. The molecule has 1 aromatic carbocycles. The second-order valence-corrected chi connectivity index (χ2v) is 7.22. The number of amides is 2. The van der Waals surface area contributed by atoms with Crippen LogP contribution in [0, 0.1) is 0 Å². The number of phenols is 1. The van der Waals surface area contributed by atoms with Crippen molar-refractivity contribution < 1.29 is 19.8 Å². The monoisotopic (exact) mass is 376 g/mol. The first-order valence-electron chi connectivity index (χ1n) is 9.51. The Bertz CT molecular complexity index is 669. The highest BCUT2D eigenvalue weighted by Crippen LogP contribution is 2.26. The molecular weight excluding hydrogens is 348 g/mol. The van der Waals surface area contributed by atoms with Crippen molar-refractivity contribution in [3.63, 3.8) is 0 Å². The second-order valence-electron chi connectivity index (χ2n) is 7.22. The number of hydrogen-bond acceptors (Lipinski definition) is 5. The number of carbonyl (C=O) groups excluding carboxylic acids is 1. The smallest absolute Gasteiger partial charge is 0.317 e. The number of piperazine rings is 1. The normalized spacial score (nSPS) is 22.4. The molecule has 2 fully saturated rings. The van der Waals surface area contributed by atoms with Crippen molar-refractivity contribution in [2.75, 3.05) is 44.2 Å². The zero-order valence-corrected chi connectivity index (χ0v) is 15.7. The van der Waals surface area contributed by atoms with Gasteiger partial charge in [0.05, 0.1) is 6.54 Å². The van der Waals surface area contributed by atoms with Crippen molar-refractivity contribution in [3.05, 3.63) is 24.3 Å². The molecule has 3 rings (SSSR count). The molecule has 0 unspecified atom stereocenters. The molecule has 148 valence electrons. The average molecular weight is 376 g/mol. The molecule has 0 spiro atoms. The van der Waals surface area contributed by atoms with Crippen molar-refractivity contribution in [2.45, 2.75) is 31.8 Å². The predicted octanol–water partition coefficient (Wildman–Crippen LogP) is 1.16. The summed E-state index contributed by atoms with van der Waals surface area (Å²) in [6, 6.07) is 7.47. The van der Waals surface area contributed by atoms with Crippen LogP contribution in [0.4, 0.5) is 10.5 Å². The predicted molar refractivity (Wildman–Crippen MR) is 102 cm³/mol. The fourth-order valence-electron chi connectivity index (χ4n) is 3.80. The quantitative estimate of drug-likeness (QED) is 0.690. The minimum absolute atomic E-state index is 0.0460. The molecule has 2 amide bonds. The molecule has 0 radical (unpaired) electrons. The van der Waals surface area contributed by atoms with Gasteiger partial charge in [0.15, 0.2) is 0 Å². The molecule has 1 aliphatic heterocycles. The molecule has 1 heterocycles. The summed E-state index contributed by atoms with van der Waals surface area (Å²) < 4.78 is 0. The van der Waals surface area contributed by atoms with Gasteiger partial charge in [-0.2, -0.15) is 0 Å². The third kappa shape index (κ3) is 4.82. The number of aliphatic carboxylic acids is 1. The van der Waals surface area contributed by atoms with E-state index >= 15 is 0 Å². The van der Waals surface area contributed by atoms with E-state index < -0.39 is 5.97 Å². The Hall–Kier alpha value is -2.48. The van der Waals surface area contributed by atoms with Crippen LogP contribution in [0.15, 0.2) is 24.3 Å². The number of carboxylic acids is 1. The van der Waals surface area contributed by atoms with Gasteiger partial charge in [0.2, 0.25) is 0 Å². The number of carbonyl (C=O) groups is 2. The first-order valence-corrected chi connectivity index (χ1v) is 9.51. The fraction of sp³-hybridized carbons (Fsp3) is 0.579. The number of urea groups is 1. The minimum Gasteiger partial charge on any atom is -0.508 e. The minimum atomic E-state index is -0.811. The number of rotatable bonds is 6. The number of phenolic OH excluding ortho intramolecular Hbond substituents is 1. The zero-order chi connectivity index (χ0) is 19.4. The highest BCUT2D eigenvalue weighted by Gasteiger charge is 2.35. The van der Waals surface area contributed by atoms with Crippen LogP contribution in [0.25, 0.3) is 0 Å². The number of nitrogens with zero attached hydrogens (tertiary/aromatic N) is 3. The summed E-state index contributed by atoms with van der Waals surface area (Å²) in [6.07, 6.45) is 1.60. The molecule has 27 heavy (non-hydrogen) atoms. The van der Waals surface area contributed by atoms with E-state index in [0.29, 0.717) is 19.6 Å². The summed E-state index contributed by atoms with van der Waals surface area (Å²) in [7, 11) is 0. The number of hydrogen-bond donors (Lipinski definition) is 3. The zero-order valence-electron chi connectivity index (χ0n) is 15.7. The lowest BCUT2D eigenvalue weighted by molar-refractivity contribution is -0.139. The standard InChI is InChI=1S/C19H28N4O4/c1-2-21(13-18(25)26)16-10-14(11-16)20-19(27)23-8-6-22(7-9-23)15-4-3-5-17(24)12-15/h3-5,12,14,16,24H,2,6-11,13H2,1H3,(H,20,27)(H,25,26). The Morgan fingerprint density at radius 2 is 1.93 bits per heavy atom. The van der Waals surface area contributed by atoms with E-state index in [9.17, 15) is 14.7 Å². The Kier molecular flexibility index (Phi) is 6.05. The molecule has 8 nitrogen and oxygen atoms in total. The van der Waals surface area contributed by atoms with Gasteiger partial charge in [0.1, 0.15) is 5.75 Å². The number of aromatic hydroxyl groups is 1. The van der Waals surface area contributed by atoms with Gasteiger partial charge in [-0.1, -0.05) is 13.0 Å². The van der Waals surface area contributed by atoms with Gasteiger partial charge >= 0.3 is 12.0 Å². The first kappa shape index (κ1) is 19.3. The molecular formula is C19H28N4O4. The topological polar surface area (TPSA) is 96.4 Å². The van der Waals surface area contributed by atoms with E-state index in [0.717, 1.165) is 31.6 Å². The van der Waals surface area contributed by atoms with Gasteiger partial charge in [-0.3, -0.25) is 9.69 Å². The lowest BCUT2D eigenvalue weighted by atomic mass is 9.85. The maximum atomic E-state index is 12.5. The van der Waals surface area contributed by atoms with Crippen LogP contribution >= 0.6 is 0 Å². The van der Waals surface area contributed by atoms with E-state index in [-0.39, 0.29) is 30.4 Å². The third-order valence-corrected chi connectivity index (χ3v) is 5.46. The maximum Gasteiger partial charge on any atom is 0.317 e. The Morgan fingerprint density at radius 3 is 2.52 bits per heavy atom. The maximum absolute atomic E-state index is 12.5. The van der Waals surface area contributed by atoms with Crippen LogP contribution in [0.5, 0.6) is 5.75 Å². The Labute approximate surface area is 159 Å². The lowest BCUT2D eigenvalue weighted by Crippen LogP contribution is -2.59. The van der Waals surface area contributed by atoms with Crippen molar-refractivity contribution in [1.82, 2.24) is 15.1 Å². The summed E-state index contributed by atoms with van der Waals surface area (Å²) in [5.74, 6) is -0.565. The summed E-state index contributed by atoms with van der Waals surface area (Å²) in [5.41, 5.74) is 0.968. The second kappa shape index (κ2) is 8.47. The van der Waals surface area contributed by atoms with Crippen molar-refractivity contribution >= 4 is 17.7 Å². The summed E-state index contributed by atoms with van der Waals surface area (Å²) >= 11 is 0. The number of anilines is 1. The molecule has 1 saturated heterocycles. The molecule has 1 saturated carbocycles. The van der Waals surface area contributed by atoms with Crippen molar-refractivity contribution in [3.8, 4) is 5.75 Å². The van der Waals surface area contributed by atoms with Crippen LogP contribution in [-0.2, 0) is 4.79 Å². The molecule has 0 aromatic heterocycles. The largest absolute Gasteiger partial charge is 0.508 e. The van der Waals surface area contributed by atoms with Gasteiger partial charge in [-0.25, -0.2) is 4.79 Å². The van der Waals surface area contributed by atoms with Crippen LogP contribution in [0.2, 0.25) is 0 Å². The number of carboxylic acid groups (broad SMARTS) is 1. The summed E-state index contributed by atoms with van der Waals surface area (Å²) in [6.45, 7) is 5.45. The highest BCUT2D eigenvalue weighted by molar-refractivity contribution is 5.75.